The van der Waals surface area contributed by atoms with Gasteiger partial charge >= 0.3 is 38.2 Å². The Morgan fingerprint density at radius 1 is 0.486 bits per heavy atom. The van der Waals surface area contributed by atoms with Gasteiger partial charge in [0.15, 0.2) is 86.7 Å². The number of carbonyl (C=O) groups is 3. The van der Waals surface area contributed by atoms with Gasteiger partial charge in [-0.2, -0.15) is 0 Å². The Kier molecular flexibility index (Phi) is 40.9. The molecule has 35 nitrogen and oxygen atoms in total. The van der Waals surface area contributed by atoms with Gasteiger partial charge in [-0.25, -0.2) is 75.8 Å². The van der Waals surface area contributed by atoms with Crippen molar-refractivity contribution in [3.8, 4) is 46.0 Å². The van der Waals surface area contributed by atoms with Crippen molar-refractivity contribution in [3.05, 3.63) is 171 Å². The third kappa shape index (κ3) is 28.4. The van der Waals surface area contributed by atoms with Crippen LogP contribution >= 0.6 is 11.6 Å². The summed E-state index contributed by atoms with van der Waals surface area (Å²) in [6.07, 6.45) is 12.0. The molecule has 4 aromatic heterocycles. The predicted molar refractivity (Wildman–Crippen MR) is 527 cm³/mol. The second-order valence-corrected chi connectivity index (χ2v) is 35.6. The van der Waals surface area contributed by atoms with Gasteiger partial charge in [0.25, 0.3) is 0 Å². The number of nitrogens with zero attached hydrogens (tertiary/aromatic N) is 11. The maximum absolute atomic E-state index is 15.1. The van der Waals surface area contributed by atoms with Crippen molar-refractivity contribution in [1.82, 2.24) is 70.5 Å². The molecule has 1 fully saturated rings. The van der Waals surface area contributed by atoms with Crippen LogP contribution in [0.15, 0.2) is 103 Å². The number of nitrogens with one attached hydrogen (secondary N) is 3. The molecule has 0 radical (unpaired) electrons. The standard InChI is InChI=1S/C26H29F2N5O3.C20H25FN4O4.C16H28BNO4.C15H17FN4O2.C11H13FNO.C10H9ClFN3O2.Li.H2O/c1-4-30-19(15-5-7-17(27)8-6-15)14-21(34)33-11-9-16(10-12-33)26-31-23-18(25(29)32-26)13-20(35-2)24(36-3)22(23)28;1-20(2,3)29-19(26)25-8-6-11(7-9-25)18-23-15-12(17(22)24-18)10-13(27-4)16(28-5)14(15)21;1-14(2,3)20-13(19)18-10-8-12(9-11-18)17-21-15(4,5)16(6,7)22-17;1-21-10-7-9-12(11(16)13(10)22-2)19-15(20-14(9)17)8-3-5-18-6-4-8;1-2-13-11(7-8-14)9-3-5-10(12)6-4-9;1-16-5-3-4-7(6(12)8(5)17-2)14-10(11)15-9(4)13;;/h5-9,13,19,30H,4,10-12,14H2,1-3H3,(H2,29,31,32);6,10H,7-9H2,1-5H3,(H2,22,23,24);8H,9-11H2,1-7H3;3,7,18H,4-6H2,1-2H3,(H2,17,19,20);3-6,11,13H,2,7H2,1H3;3H,1-2H3,(H2,13,14,15);;1H2/q;;;;-1;;+1;/p-1/t19-;;;;11-;;;/m1...1.../s1. The molecule has 3 amide bonds. The van der Waals surface area contributed by atoms with E-state index in [1.807, 2.05) is 114 Å². The number of rotatable bonds is 22. The number of nitrogen functional groups attached to an aromatic ring is 4. The predicted octanol–water partition coefficient (Wildman–Crippen LogP) is 13.0. The van der Waals surface area contributed by atoms with Gasteiger partial charge < -0.3 is 121 Å². The van der Waals surface area contributed by atoms with E-state index in [2.05, 4.69) is 55.8 Å². The Hall–Kier alpha value is -12.8. The molecular formula is C98H122BClF6LiN18O17-. The van der Waals surface area contributed by atoms with E-state index in [0.717, 1.165) is 65.8 Å². The molecule has 5 aliphatic rings. The molecule has 0 saturated carbocycles. The van der Waals surface area contributed by atoms with E-state index in [-0.39, 0.29) is 188 Å². The van der Waals surface area contributed by atoms with Crippen LogP contribution in [0.3, 0.4) is 0 Å². The number of nitrogens with two attached hydrogens (primary N) is 4. The van der Waals surface area contributed by atoms with Crippen LogP contribution in [0.5, 0.6) is 46.0 Å². The van der Waals surface area contributed by atoms with Crippen molar-refractivity contribution in [2.24, 2.45) is 0 Å². The first-order valence-electron chi connectivity index (χ1n) is 45.0. The molecule has 9 heterocycles. The fourth-order valence-corrected chi connectivity index (χ4v) is 15.3. The smallest absolute Gasteiger partial charge is 0.870 e. The fourth-order valence-electron chi connectivity index (χ4n) is 15.2. The number of methoxy groups -OCH3 is 8. The molecule has 6 aromatic carbocycles. The molecule has 0 bridgehead atoms. The number of fused-ring (bicyclic) bond motifs is 4. The molecule has 142 heavy (non-hydrogen) atoms. The molecule has 760 valence electrons. The number of amides is 3. The SMILES string of the molecule is CC(C)(C)OC(=O)N1CC=C(B2OC(C)(C)C(C)(C)O2)CC1.CCN[C@H](CC(=O)N1CC=C(c2nc(N)c3cc(OC)c(OC)c(F)c3n2)CC1)c1ccc(F)cc1.CCN[C@H](C[C-]=O)c1ccc(F)cc1.COc1cc2c(N)nc(C3=CCN(C(=O)OC(C)(C)C)CC3)nc2c(F)c1OC.COc1cc2c(N)nc(C3=CCNCC3)nc2c(F)c1OC.COc1cc2c(N)nc(Cl)nc2c(F)c1OC.[Li+].[OH-]. The third-order valence-corrected chi connectivity index (χ3v) is 23.3. The van der Waals surface area contributed by atoms with Crippen molar-refractivity contribution in [1.29, 1.82) is 0 Å². The summed E-state index contributed by atoms with van der Waals surface area (Å²) < 4.78 is 148. The van der Waals surface area contributed by atoms with E-state index < -0.39 is 34.5 Å². The van der Waals surface area contributed by atoms with Crippen LogP contribution in [0.25, 0.3) is 60.3 Å². The topological polar surface area (TPSA) is 462 Å². The monoisotopic (exact) mass is 1990 g/mol. The van der Waals surface area contributed by atoms with E-state index in [4.69, 9.17) is 91.2 Å². The second kappa shape index (κ2) is 50.7. The van der Waals surface area contributed by atoms with Crippen LogP contribution in [0.1, 0.15) is 162 Å². The summed E-state index contributed by atoms with van der Waals surface area (Å²) in [5.74, 6) is -0.798. The molecule has 5 aliphatic heterocycles. The number of carbonyl (C=O) groups excluding carboxylic acids is 4. The van der Waals surface area contributed by atoms with Gasteiger partial charge in [-0.1, -0.05) is 62.4 Å². The van der Waals surface area contributed by atoms with E-state index >= 15 is 4.39 Å². The zero-order chi connectivity index (χ0) is 103. The van der Waals surface area contributed by atoms with Gasteiger partial charge in [0, 0.05) is 85.9 Å². The van der Waals surface area contributed by atoms with Gasteiger partial charge in [-0.05, 0) is 208 Å². The average molecular weight is 1990 g/mol. The molecule has 0 unspecified atom stereocenters. The summed E-state index contributed by atoms with van der Waals surface area (Å²) in [7, 11) is 10.8. The summed E-state index contributed by atoms with van der Waals surface area (Å²) in [6, 6.07) is 18.2. The minimum atomic E-state index is -0.683. The molecule has 0 spiro atoms. The minimum Gasteiger partial charge on any atom is -0.870 e. The minimum absolute atomic E-state index is 0. The van der Waals surface area contributed by atoms with Crippen LogP contribution in [-0.2, 0) is 28.4 Å². The first-order valence-corrected chi connectivity index (χ1v) is 45.4. The molecular weight excluding hydrogens is 1870 g/mol. The number of hydrogen-bond donors (Lipinski definition) is 7. The molecule has 15 rings (SSSR count). The van der Waals surface area contributed by atoms with Gasteiger partial charge in [-0.3, -0.25) is 11.1 Å². The zero-order valence-corrected chi connectivity index (χ0v) is 84.4. The molecule has 10 aromatic rings. The van der Waals surface area contributed by atoms with Crippen LogP contribution in [0.2, 0.25) is 5.28 Å². The van der Waals surface area contributed by atoms with Crippen LogP contribution in [0.4, 0.5) is 59.2 Å². The second-order valence-electron chi connectivity index (χ2n) is 35.3. The number of ether oxygens (including phenoxy) is 10. The maximum Gasteiger partial charge on any atom is 1.00 e. The Morgan fingerprint density at radius 3 is 1.14 bits per heavy atom. The first-order chi connectivity index (χ1) is 66.4. The van der Waals surface area contributed by atoms with Crippen LogP contribution < -0.4 is 95.6 Å². The largest absolute Gasteiger partial charge is 1.00 e. The van der Waals surface area contributed by atoms with E-state index in [1.165, 1.54) is 87.2 Å². The van der Waals surface area contributed by atoms with Gasteiger partial charge in [0.05, 0.1) is 68.1 Å². The van der Waals surface area contributed by atoms with Gasteiger partial charge in [0.2, 0.25) is 11.2 Å². The molecule has 0 aliphatic carbocycles. The van der Waals surface area contributed by atoms with Crippen molar-refractivity contribution in [2.45, 2.75) is 156 Å². The van der Waals surface area contributed by atoms with Gasteiger partial charge in [0.1, 0.15) is 68.2 Å². The van der Waals surface area contributed by atoms with Crippen LogP contribution in [0, 0.1) is 34.9 Å². The summed E-state index contributed by atoms with van der Waals surface area (Å²) in [5, 5.41) is 10.9. The number of benzene rings is 6. The number of anilines is 4. The normalized spacial score (nSPS) is 15.2. The van der Waals surface area contributed by atoms with Gasteiger partial charge in [-0.15, -0.1) is 6.42 Å². The summed E-state index contributed by atoms with van der Waals surface area (Å²) in [5.41, 5.74) is 27.8. The molecule has 2 atom stereocenters. The Morgan fingerprint density at radius 2 is 0.824 bits per heavy atom. The van der Waals surface area contributed by atoms with Crippen LogP contribution in [-0.4, -0.2) is 236 Å². The van der Waals surface area contributed by atoms with Crippen molar-refractivity contribution in [2.75, 3.05) is 145 Å². The Bertz CT molecular complexity index is 6250. The van der Waals surface area contributed by atoms with E-state index in [1.54, 1.807) is 57.2 Å². The van der Waals surface area contributed by atoms with Crippen molar-refractivity contribution < 1.29 is 127 Å². The van der Waals surface area contributed by atoms with Crippen molar-refractivity contribution >= 4 is 127 Å². The number of hydrogen-bond acceptors (Lipinski definition) is 32. The van der Waals surface area contributed by atoms with E-state index in [0.29, 0.717) is 104 Å². The first kappa shape index (κ1) is 114. The van der Waals surface area contributed by atoms with Crippen molar-refractivity contribution in [3.63, 3.8) is 0 Å². The number of aromatic nitrogens is 8. The average Bonchev–Trinajstić information content (AvgIpc) is 1.72. The fraction of sp³-hybridized carbons (Fsp3) is 0.429. The molecule has 12 N–H and O–H groups in total. The maximum atomic E-state index is 15.1. The Labute approximate surface area is 837 Å². The summed E-state index contributed by atoms with van der Waals surface area (Å²) in [4.78, 5) is 86.3. The number of halogens is 7. The zero-order valence-electron chi connectivity index (χ0n) is 83.6. The quantitative estimate of drug-likeness (QED) is 0.0143. The molecule has 44 heteroatoms. The molecule has 1 saturated heterocycles. The summed E-state index contributed by atoms with van der Waals surface area (Å²) in [6.45, 7) is 29.0. The third-order valence-electron chi connectivity index (χ3n) is 23.1. The summed E-state index contributed by atoms with van der Waals surface area (Å²) >= 11 is 5.62. The van der Waals surface area contributed by atoms with E-state index in [9.17, 15) is 41.1 Å². The Balaban J connectivity index is 0.000000213.